The van der Waals surface area contributed by atoms with Crippen LogP contribution in [0.4, 0.5) is 17.6 Å². The minimum absolute atomic E-state index is 0. The van der Waals surface area contributed by atoms with Crippen LogP contribution in [0.25, 0.3) is 0 Å². The first-order chi connectivity index (χ1) is 18.6. The molecule has 2 aromatic carbocycles. The number of likely N-dealkylation sites (N-methyl/N-ethyl adjacent to an activating group) is 1. The second-order valence-corrected chi connectivity index (χ2v) is 10.7. The fourth-order valence-corrected chi connectivity index (χ4v) is 5.19. The summed E-state index contributed by atoms with van der Waals surface area (Å²) in [6, 6.07) is 7.60. The molecule has 3 amide bonds. The maximum atomic E-state index is 13.1. The monoisotopic (exact) mass is 653 g/mol. The zero-order valence-corrected chi connectivity index (χ0v) is 25.7. The van der Waals surface area contributed by atoms with Crippen molar-refractivity contribution < 1.29 is 59.1 Å². The van der Waals surface area contributed by atoms with E-state index in [1.807, 2.05) is 45.9 Å². The number of piperidine rings is 1. The number of aryl methyl sites for hydroxylation is 2. The Labute approximate surface area is 253 Å². The largest absolute Gasteiger partial charge is 2.00 e. The summed E-state index contributed by atoms with van der Waals surface area (Å²) in [5.41, 5.74) is 0.692. The van der Waals surface area contributed by atoms with Gasteiger partial charge in [0.1, 0.15) is 0 Å². The summed E-state index contributed by atoms with van der Waals surface area (Å²) >= 11 is 0. The molecule has 2 aromatic rings. The number of amides is 3. The number of alkyl halides is 3. The zero-order valence-electron chi connectivity index (χ0n) is 23.5. The molecule has 2 saturated heterocycles. The molecule has 1 radical (unpaired) electrons. The number of carbonyl (C=O) groups excluding carboxylic acids is 4. The third-order valence-corrected chi connectivity index (χ3v) is 7.57. The second-order valence-electron chi connectivity index (χ2n) is 10.7. The number of benzene rings is 2. The number of likely N-dealkylation sites (tertiary alicyclic amines) is 2. The number of hydrogen-bond acceptors (Lipinski definition) is 4. The second kappa shape index (κ2) is 13.4. The maximum absolute atomic E-state index is 13.1. The van der Waals surface area contributed by atoms with E-state index in [-0.39, 0.29) is 46.0 Å². The third-order valence-electron chi connectivity index (χ3n) is 7.57. The molecule has 0 saturated carbocycles. The molecule has 0 aromatic heterocycles. The Hall–Kier alpha value is -2.95. The van der Waals surface area contributed by atoms with Gasteiger partial charge in [-0.2, -0.15) is 19.1 Å². The van der Waals surface area contributed by atoms with Crippen molar-refractivity contribution in [3.05, 3.63) is 76.5 Å². The summed E-state index contributed by atoms with van der Waals surface area (Å²) < 4.78 is 48.5. The van der Waals surface area contributed by atoms with Crippen LogP contribution in [0.15, 0.2) is 36.4 Å². The number of rotatable bonds is 4. The quantitative estimate of drug-likeness (QED) is 0.198. The topological polar surface area (TPSA) is 74.8 Å². The van der Waals surface area contributed by atoms with Crippen LogP contribution < -0.4 is 0 Å². The Morgan fingerprint density at radius 2 is 1.66 bits per heavy atom. The van der Waals surface area contributed by atoms with E-state index in [9.17, 15) is 36.7 Å². The average molecular weight is 653 g/mol. The van der Waals surface area contributed by atoms with Crippen LogP contribution in [-0.2, 0) is 47.7 Å². The molecule has 6 nitrogen and oxygen atoms in total. The molecular weight excluding hydrogens is 621 g/mol. The number of nitrogens with zero attached hydrogens (tertiary/aromatic N) is 2. The summed E-state index contributed by atoms with van der Waals surface area (Å²) in [6.07, 6.45) is -0.723. The minimum Gasteiger partial charge on any atom is -0.376 e. The van der Waals surface area contributed by atoms with Crippen molar-refractivity contribution in [2.24, 2.45) is 11.3 Å². The molecule has 2 aliphatic heterocycles. The van der Waals surface area contributed by atoms with Gasteiger partial charge < -0.3 is 20.9 Å². The van der Waals surface area contributed by atoms with Gasteiger partial charge in [-0.1, -0.05) is 44.2 Å². The van der Waals surface area contributed by atoms with Crippen molar-refractivity contribution in [3.8, 4) is 0 Å². The first-order valence-corrected chi connectivity index (χ1v) is 12.9. The van der Waals surface area contributed by atoms with Crippen LogP contribution in [0.3, 0.4) is 0 Å². The fraction of sp³-hybridized carbons (Fsp3) is 0.433. The molecule has 0 bridgehead atoms. The minimum atomic E-state index is -4.57. The van der Waals surface area contributed by atoms with Gasteiger partial charge in [-0.25, -0.2) is 0 Å². The molecule has 41 heavy (non-hydrogen) atoms. The Morgan fingerprint density at radius 3 is 2.17 bits per heavy atom. The third kappa shape index (κ3) is 7.28. The zero-order chi connectivity index (χ0) is 30.0. The fourth-order valence-electron chi connectivity index (χ4n) is 5.19. The predicted molar refractivity (Wildman–Crippen MR) is 140 cm³/mol. The molecule has 4 rings (SSSR count). The molecule has 1 atom stereocenters. The summed E-state index contributed by atoms with van der Waals surface area (Å²) in [6.45, 7) is 9.05. The number of hydrogen-bond donors (Lipinski definition) is 0. The van der Waals surface area contributed by atoms with Gasteiger partial charge in [0.25, 0.3) is 0 Å². The molecule has 2 aliphatic rings. The van der Waals surface area contributed by atoms with Gasteiger partial charge in [0.15, 0.2) is 0 Å². The van der Waals surface area contributed by atoms with E-state index in [0.717, 1.165) is 17.4 Å². The molecule has 2 fully saturated rings. The Bertz CT molecular complexity index is 1300. The first kappa shape index (κ1) is 34.3. The van der Waals surface area contributed by atoms with Crippen LogP contribution >= 0.6 is 0 Å². The Morgan fingerprint density at radius 1 is 1.05 bits per heavy atom. The molecule has 1 unspecified atom stereocenters. The Balaban J connectivity index is 0.000000355. The van der Waals surface area contributed by atoms with Gasteiger partial charge in [-0.15, -0.1) is 11.6 Å². The summed E-state index contributed by atoms with van der Waals surface area (Å²) in [4.78, 5) is 51.5. The van der Waals surface area contributed by atoms with Crippen LogP contribution in [0.5, 0.6) is 0 Å². The van der Waals surface area contributed by atoms with E-state index >= 15 is 0 Å². The number of carbonyl (C=O) groups is 3. The van der Waals surface area contributed by atoms with Crippen LogP contribution in [0.2, 0.25) is 0 Å². The van der Waals surface area contributed by atoms with Gasteiger partial charge in [0.05, 0.1) is 23.5 Å². The van der Waals surface area contributed by atoms with Gasteiger partial charge in [0, 0.05) is 26.0 Å². The van der Waals surface area contributed by atoms with Crippen LogP contribution in [0, 0.1) is 37.4 Å². The van der Waals surface area contributed by atoms with E-state index in [0.29, 0.717) is 44.1 Å². The SMILES string of the molecule is Cc1ccc(C2C(=O)N(C)C(=O)C23CCN(C(=O)[CH-]C(C)C)CC3)cc1C.O=[C-]c1cc(C(F)(F)F)ccc1F.[Nb+2]. The normalized spacial score (nSPS) is 18.1. The molecule has 0 N–H and O–H groups in total. The van der Waals surface area contributed by atoms with E-state index in [2.05, 4.69) is 0 Å². The summed E-state index contributed by atoms with van der Waals surface area (Å²) in [5.74, 6) is -1.48. The molecule has 2 heterocycles. The van der Waals surface area contributed by atoms with Crippen LogP contribution in [-0.4, -0.2) is 53.9 Å². The van der Waals surface area contributed by atoms with Crippen LogP contribution in [0.1, 0.15) is 60.4 Å². The summed E-state index contributed by atoms with van der Waals surface area (Å²) in [7, 11) is 1.58. The van der Waals surface area contributed by atoms with Crippen molar-refractivity contribution in [1.29, 1.82) is 0 Å². The van der Waals surface area contributed by atoms with Gasteiger partial charge in [-0.3, -0.25) is 18.9 Å². The molecule has 1 spiro atoms. The van der Waals surface area contributed by atoms with E-state index in [4.69, 9.17) is 0 Å². The Kier molecular flexibility index (Phi) is 11.2. The maximum Gasteiger partial charge on any atom is 2.00 e. The number of halogens is 4. The average Bonchev–Trinajstić information content (AvgIpc) is 3.06. The number of imide groups is 1. The van der Waals surface area contributed by atoms with Crippen molar-refractivity contribution in [1.82, 2.24) is 9.80 Å². The van der Waals surface area contributed by atoms with E-state index in [1.165, 1.54) is 10.5 Å². The molecular formula is C30H32F4N2NbO4. The molecule has 0 aliphatic carbocycles. The molecule has 11 heteroatoms. The van der Waals surface area contributed by atoms with Gasteiger partial charge >= 0.3 is 28.6 Å². The van der Waals surface area contributed by atoms with Gasteiger partial charge in [-0.05, 0) is 48.9 Å². The predicted octanol–water partition coefficient (Wildman–Crippen LogP) is 5.15. The van der Waals surface area contributed by atoms with Crippen molar-refractivity contribution in [3.63, 3.8) is 0 Å². The van der Waals surface area contributed by atoms with Crippen molar-refractivity contribution in [2.75, 3.05) is 20.1 Å². The van der Waals surface area contributed by atoms with E-state index < -0.39 is 34.5 Å². The van der Waals surface area contributed by atoms with Crippen molar-refractivity contribution >= 4 is 24.0 Å². The standard InChI is InChI=1S/C22H29N2O3.C8H3F4O.Nb/c1-14(2)12-18(25)24-10-8-22(9-11-24)19(20(26)23(5)21(22)27)17-7-6-15(3)16(4)13-17;9-7-2-1-6(8(10,11)12)3-5(7)4-13;/h6-7,12-14,19H,8-11H2,1-5H3;1-3H;/q2*-1;+2. The smallest absolute Gasteiger partial charge is 0.376 e. The summed E-state index contributed by atoms with van der Waals surface area (Å²) in [5, 5.41) is 0. The van der Waals surface area contributed by atoms with E-state index in [1.54, 1.807) is 18.4 Å². The van der Waals surface area contributed by atoms with Crippen molar-refractivity contribution in [2.45, 2.75) is 52.6 Å². The molecule has 219 valence electrons. The van der Waals surface area contributed by atoms with Gasteiger partial charge in [0.2, 0.25) is 11.8 Å². The first-order valence-electron chi connectivity index (χ1n) is 12.9.